The second kappa shape index (κ2) is 5.24. The summed E-state index contributed by atoms with van der Waals surface area (Å²) in [6, 6.07) is 0.0655. The van der Waals surface area contributed by atoms with E-state index >= 15 is 0 Å². The summed E-state index contributed by atoms with van der Waals surface area (Å²) >= 11 is 1.47. The molecule has 0 radical (unpaired) electrons. The number of carboxylic acid groups (broad SMARTS) is 1. The summed E-state index contributed by atoms with van der Waals surface area (Å²) in [6.07, 6.45) is 3.92. The Bertz CT molecular complexity index is 232. The molecule has 2 unspecified atom stereocenters. The van der Waals surface area contributed by atoms with E-state index in [0.717, 1.165) is 6.42 Å². The van der Waals surface area contributed by atoms with E-state index in [1.54, 1.807) is 0 Å². The van der Waals surface area contributed by atoms with Crippen LogP contribution in [0.5, 0.6) is 0 Å². The van der Waals surface area contributed by atoms with Gasteiger partial charge in [0.25, 0.3) is 0 Å². The van der Waals surface area contributed by atoms with Crippen molar-refractivity contribution in [3.8, 4) is 0 Å². The van der Waals surface area contributed by atoms with Crippen LogP contribution >= 0.6 is 11.8 Å². The van der Waals surface area contributed by atoms with Gasteiger partial charge in [0.2, 0.25) is 5.91 Å². The molecule has 2 atom stereocenters. The third-order valence-corrected chi connectivity index (χ3v) is 2.97. The number of carbonyl (C=O) groups is 2. The number of thioether (sulfide) groups is 1. The highest BCUT2D eigenvalue weighted by Crippen LogP contribution is 2.25. The normalized spacial score (nSPS) is 26.1. The van der Waals surface area contributed by atoms with E-state index in [4.69, 9.17) is 5.11 Å². The summed E-state index contributed by atoms with van der Waals surface area (Å²) in [7, 11) is 0. The summed E-state index contributed by atoms with van der Waals surface area (Å²) in [6.45, 7) is 0. The predicted molar refractivity (Wildman–Crippen MR) is 55.3 cm³/mol. The van der Waals surface area contributed by atoms with Gasteiger partial charge in [-0.25, -0.2) is 0 Å². The maximum Gasteiger partial charge on any atom is 0.306 e. The summed E-state index contributed by atoms with van der Waals surface area (Å²) in [5, 5.41) is 11.6. The summed E-state index contributed by atoms with van der Waals surface area (Å²) in [4.78, 5) is 21.8. The zero-order chi connectivity index (χ0) is 10.6. The zero-order valence-electron chi connectivity index (χ0n) is 8.16. The Balaban J connectivity index is 2.28. The molecule has 0 aromatic carbocycles. The number of amides is 1. The first-order chi connectivity index (χ1) is 6.63. The van der Waals surface area contributed by atoms with Gasteiger partial charge in [-0.3, -0.25) is 9.59 Å². The molecule has 2 N–H and O–H groups in total. The molecule has 0 spiro atoms. The predicted octanol–water partition coefficient (Wildman–Crippen LogP) is 0.719. The van der Waals surface area contributed by atoms with Crippen molar-refractivity contribution in [1.82, 2.24) is 5.32 Å². The number of hydrogen-bond acceptors (Lipinski definition) is 3. The van der Waals surface area contributed by atoms with Crippen molar-refractivity contribution in [2.24, 2.45) is 5.92 Å². The van der Waals surface area contributed by atoms with E-state index < -0.39 is 5.97 Å². The van der Waals surface area contributed by atoms with Crippen molar-refractivity contribution in [2.45, 2.75) is 25.3 Å². The van der Waals surface area contributed by atoms with Gasteiger partial charge < -0.3 is 10.4 Å². The average Bonchev–Trinajstić information content (AvgIpc) is 2.53. The molecule has 0 heterocycles. The van der Waals surface area contributed by atoms with Crippen molar-refractivity contribution < 1.29 is 14.7 Å². The molecular formula is C9H15NO3S. The Labute approximate surface area is 87.4 Å². The topological polar surface area (TPSA) is 66.4 Å². The molecule has 1 aliphatic carbocycles. The lowest BCUT2D eigenvalue weighted by Gasteiger charge is -2.11. The molecule has 0 saturated heterocycles. The Morgan fingerprint density at radius 2 is 2.21 bits per heavy atom. The number of rotatable bonds is 4. The summed E-state index contributed by atoms with van der Waals surface area (Å²) in [5.41, 5.74) is 0. The van der Waals surface area contributed by atoms with E-state index in [-0.39, 0.29) is 17.9 Å². The minimum absolute atomic E-state index is 0.00791. The van der Waals surface area contributed by atoms with Gasteiger partial charge >= 0.3 is 5.97 Å². The van der Waals surface area contributed by atoms with Gasteiger partial charge in [-0.1, -0.05) is 0 Å². The zero-order valence-corrected chi connectivity index (χ0v) is 8.97. The first-order valence-electron chi connectivity index (χ1n) is 4.64. The number of nitrogens with one attached hydrogen (secondary N) is 1. The lowest BCUT2D eigenvalue weighted by molar-refractivity contribution is -0.141. The maximum absolute atomic E-state index is 11.2. The van der Waals surface area contributed by atoms with Crippen LogP contribution in [0.4, 0.5) is 0 Å². The van der Waals surface area contributed by atoms with Crippen LogP contribution in [-0.2, 0) is 9.59 Å². The Kier molecular flexibility index (Phi) is 4.25. The Morgan fingerprint density at radius 1 is 1.50 bits per heavy atom. The molecule has 1 fully saturated rings. The molecule has 1 rings (SSSR count). The SMILES string of the molecule is CSCC(=O)NC1CCC(C(=O)O)C1. The van der Waals surface area contributed by atoms with Gasteiger partial charge in [-0.2, -0.15) is 11.8 Å². The van der Waals surface area contributed by atoms with Crippen LogP contribution in [0.25, 0.3) is 0 Å². The highest BCUT2D eigenvalue weighted by molar-refractivity contribution is 7.99. The highest BCUT2D eigenvalue weighted by atomic mass is 32.2. The van der Waals surface area contributed by atoms with Gasteiger partial charge in [0.05, 0.1) is 11.7 Å². The third kappa shape index (κ3) is 3.21. The van der Waals surface area contributed by atoms with E-state index in [1.165, 1.54) is 11.8 Å². The minimum atomic E-state index is -0.744. The van der Waals surface area contributed by atoms with E-state index in [1.807, 2.05) is 6.26 Å². The highest BCUT2D eigenvalue weighted by Gasteiger charge is 2.30. The van der Waals surface area contributed by atoms with Crippen LogP contribution in [0.3, 0.4) is 0 Å². The van der Waals surface area contributed by atoms with Crippen LogP contribution in [0, 0.1) is 5.92 Å². The van der Waals surface area contributed by atoms with Gasteiger partial charge in [0.15, 0.2) is 0 Å². The summed E-state index contributed by atoms with van der Waals surface area (Å²) in [5.74, 6) is -0.552. The Morgan fingerprint density at radius 3 is 2.71 bits per heavy atom. The number of aliphatic carboxylic acids is 1. The van der Waals surface area contributed by atoms with Gasteiger partial charge in [-0.05, 0) is 25.5 Å². The third-order valence-electron chi connectivity index (χ3n) is 2.42. The standard InChI is InChI=1S/C9H15NO3S/c1-14-5-8(11)10-7-3-2-6(4-7)9(12)13/h6-7H,2-5H2,1H3,(H,10,11)(H,12,13). The van der Waals surface area contributed by atoms with Crippen LogP contribution in [-0.4, -0.2) is 35.0 Å². The number of carboxylic acids is 1. The van der Waals surface area contributed by atoms with Crippen molar-refractivity contribution in [3.05, 3.63) is 0 Å². The van der Waals surface area contributed by atoms with E-state index in [0.29, 0.717) is 18.6 Å². The van der Waals surface area contributed by atoms with Crippen molar-refractivity contribution >= 4 is 23.6 Å². The fraction of sp³-hybridized carbons (Fsp3) is 0.778. The van der Waals surface area contributed by atoms with Crippen LogP contribution < -0.4 is 5.32 Å². The maximum atomic E-state index is 11.2. The molecule has 5 heteroatoms. The molecular weight excluding hydrogens is 202 g/mol. The van der Waals surface area contributed by atoms with Gasteiger partial charge in [0.1, 0.15) is 0 Å². The lowest BCUT2D eigenvalue weighted by atomic mass is 10.1. The molecule has 1 saturated carbocycles. The minimum Gasteiger partial charge on any atom is -0.481 e. The lowest BCUT2D eigenvalue weighted by Crippen LogP contribution is -2.34. The second-order valence-electron chi connectivity index (χ2n) is 3.55. The smallest absolute Gasteiger partial charge is 0.306 e. The van der Waals surface area contributed by atoms with Gasteiger partial charge in [-0.15, -0.1) is 0 Å². The average molecular weight is 217 g/mol. The van der Waals surface area contributed by atoms with Gasteiger partial charge in [0, 0.05) is 6.04 Å². The molecule has 1 amide bonds. The van der Waals surface area contributed by atoms with Crippen molar-refractivity contribution in [1.29, 1.82) is 0 Å². The van der Waals surface area contributed by atoms with E-state index in [9.17, 15) is 9.59 Å². The fourth-order valence-corrected chi connectivity index (χ4v) is 2.08. The Hall–Kier alpha value is -0.710. The molecule has 0 aromatic heterocycles. The molecule has 0 aliphatic heterocycles. The van der Waals surface area contributed by atoms with E-state index in [2.05, 4.69) is 5.32 Å². The quantitative estimate of drug-likeness (QED) is 0.728. The van der Waals surface area contributed by atoms with Crippen LogP contribution in [0.2, 0.25) is 0 Å². The second-order valence-corrected chi connectivity index (χ2v) is 4.41. The summed E-state index contributed by atoms with van der Waals surface area (Å²) < 4.78 is 0. The molecule has 14 heavy (non-hydrogen) atoms. The van der Waals surface area contributed by atoms with Crippen LogP contribution in [0.15, 0.2) is 0 Å². The number of carbonyl (C=O) groups excluding carboxylic acids is 1. The molecule has 80 valence electrons. The molecule has 4 nitrogen and oxygen atoms in total. The largest absolute Gasteiger partial charge is 0.481 e. The first-order valence-corrected chi connectivity index (χ1v) is 6.04. The molecule has 0 bridgehead atoms. The first kappa shape index (κ1) is 11.4. The van der Waals surface area contributed by atoms with Crippen molar-refractivity contribution in [2.75, 3.05) is 12.0 Å². The number of hydrogen-bond donors (Lipinski definition) is 2. The molecule has 1 aliphatic rings. The monoisotopic (exact) mass is 217 g/mol. The van der Waals surface area contributed by atoms with Crippen molar-refractivity contribution in [3.63, 3.8) is 0 Å². The fourth-order valence-electron chi connectivity index (χ4n) is 1.74. The molecule has 0 aromatic rings. The van der Waals surface area contributed by atoms with Crippen LogP contribution in [0.1, 0.15) is 19.3 Å².